The number of nitrogens with one attached hydrogen (secondary N) is 1. The summed E-state index contributed by atoms with van der Waals surface area (Å²) in [5, 5.41) is 3.72. The van der Waals surface area contributed by atoms with Crippen LogP contribution in [-0.4, -0.2) is 15.5 Å². The molecule has 1 unspecified atom stereocenters. The van der Waals surface area contributed by atoms with Crippen LogP contribution >= 0.6 is 11.3 Å². The average molecular weight is 410 g/mol. The van der Waals surface area contributed by atoms with Crippen LogP contribution < -0.4 is 10.9 Å². The zero-order chi connectivity index (χ0) is 20.5. The Balaban J connectivity index is 1.45. The SMILES string of the molecule is CC(C)Cc1ccc(C(C)NC(=O)Cn2cnc3sc4c(c3c2=O)CCC4)cc1. The van der Waals surface area contributed by atoms with E-state index in [1.165, 1.54) is 21.3 Å². The van der Waals surface area contributed by atoms with E-state index in [1.54, 1.807) is 11.3 Å². The van der Waals surface area contributed by atoms with Gasteiger partial charge in [0.15, 0.2) is 0 Å². The first kappa shape index (κ1) is 19.8. The molecule has 1 N–H and O–H groups in total. The minimum atomic E-state index is -0.182. The highest BCUT2D eigenvalue weighted by atomic mass is 32.1. The molecule has 0 saturated carbocycles. The molecule has 4 rings (SSSR count). The highest BCUT2D eigenvalue weighted by Crippen LogP contribution is 2.34. The summed E-state index contributed by atoms with van der Waals surface area (Å²) in [6.07, 6.45) is 5.61. The fraction of sp³-hybridized carbons (Fsp3) is 0.435. The summed E-state index contributed by atoms with van der Waals surface area (Å²) >= 11 is 1.62. The van der Waals surface area contributed by atoms with Crippen molar-refractivity contribution < 1.29 is 4.79 Å². The summed E-state index contributed by atoms with van der Waals surface area (Å²) in [5.41, 5.74) is 3.40. The first-order chi connectivity index (χ1) is 13.9. The molecule has 1 amide bonds. The van der Waals surface area contributed by atoms with Crippen molar-refractivity contribution in [1.82, 2.24) is 14.9 Å². The van der Waals surface area contributed by atoms with E-state index in [9.17, 15) is 9.59 Å². The molecule has 0 fully saturated rings. The summed E-state index contributed by atoms with van der Waals surface area (Å²) in [5.74, 6) is 0.436. The van der Waals surface area contributed by atoms with Crippen molar-refractivity contribution >= 4 is 27.5 Å². The first-order valence-electron chi connectivity index (χ1n) is 10.3. The lowest BCUT2D eigenvalue weighted by atomic mass is 10.00. The van der Waals surface area contributed by atoms with Crippen LogP contribution in [0.3, 0.4) is 0 Å². The normalized spacial score (nSPS) is 14.3. The number of aryl methyl sites for hydroxylation is 2. The van der Waals surface area contributed by atoms with Gasteiger partial charge in [0.05, 0.1) is 17.8 Å². The Hall–Kier alpha value is -2.47. The zero-order valence-corrected chi connectivity index (χ0v) is 18.0. The number of benzene rings is 1. The Kier molecular flexibility index (Phi) is 5.54. The molecule has 1 aliphatic rings. The van der Waals surface area contributed by atoms with E-state index in [0.29, 0.717) is 11.3 Å². The van der Waals surface area contributed by atoms with Crippen molar-refractivity contribution in [3.63, 3.8) is 0 Å². The van der Waals surface area contributed by atoms with Gasteiger partial charge in [0.25, 0.3) is 5.56 Å². The predicted octanol–water partition coefficient (Wildman–Crippen LogP) is 4.02. The third-order valence-electron chi connectivity index (χ3n) is 5.51. The zero-order valence-electron chi connectivity index (χ0n) is 17.2. The topological polar surface area (TPSA) is 64.0 Å². The fourth-order valence-electron chi connectivity index (χ4n) is 4.07. The molecule has 0 aliphatic heterocycles. The van der Waals surface area contributed by atoms with Crippen LogP contribution in [0.15, 0.2) is 35.4 Å². The molecule has 0 bridgehead atoms. The molecule has 0 spiro atoms. The predicted molar refractivity (Wildman–Crippen MR) is 117 cm³/mol. The minimum absolute atomic E-state index is 0.0117. The molecule has 5 nitrogen and oxygen atoms in total. The maximum absolute atomic E-state index is 12.9. The lowest BCUT2D eigenvalue weighted by Crippen LogP contribution is -2.34. The number of fused-ring (bicyclic) bond motifs is 3. The number of carbonyl (C=O) groups is 1. The highest BCUT2D eigenvalue weighted by Gasteiger charge is 2.22. The number of hydrogen-bond acceptors (Lipinski definition) is 4. The number of carbonyl (C=O) groups excluding carboxylic acids is 1. The Morgan fingerprint density at radius 2 is 1.97 bits per heavy atom. The van der Waals surface area contributed by atoms with Crippen LogP contribution in [0.2, 0.25) is 0 Å². The lowest BCUT2D eigenvalue weighted by Gasteiger charge is -2.16. The molecular weight excluding hydrogens is 382 g/mol. The number of hydrogen-bond donors (Lipinski definition) is 1. The number of rotatable bonds is 6. The van der Waals surface area contributed by atoms with Crippen LogP contribution in [0.4, 0.5) is 0 Å². The van der Waals surface area contributed by atoms with Gasteiger partial charge in [0.1, 0.15) is 11.4 Å². The van der Waals surface area contributed by atoms with E-state index in [1.807, 2.05) is 6.92 Å². The molecule has 2 heterocycles. The molecule has 29 heavy (non-hydrogen) atoms. The van der Waals surface area contributed by atoms with Crippen LogP contribution in [0, 0.1) is 5.92 Å². The van der Waals surface area contributed by atoms with Crippen LogP contribution in [0.1, 0.15) is 54.8 Å². The monoisotopic (exact) mass is 409 g/mol. The Morgan fingerprint density at radius 3 is 2.69 bits per heavy atom. The van der Waals surface area contributed by atoms with Gasteiger partial charge >= 0.3 is 0 Å². The smallest absolute Gasteiger partial charge is 0.262 e. The Labute approximate surface area is 174 Å². The minimum Gasteiger partial charge on any atom is -0.348 e. The van der Waals surface area contributed by atoms with Gasteiger partial charge in [-0.1, -0.05) is 38.1 Å². The van der Waals surface area contributed by atoms with E-state index in [-0.39, 0.29) is 24.1 Å². The van der Waals surface area contributed by atoms with Gasteiger partial charge in [-0.3, -0.25) is 14.2 Å². The molecule has 1 aromatic carbocycles. The molecular formula is C23H27N3O2S. The van der Waals surface area contributed by atoms with Gasteiger partial charge in [-0.25, -0.2) is 4.98 Å². The van der Waals surface area contributed by atoms with E-state index in [2.05, 4.69) is 48.4 Å². The maximum Gasteiger partial charge on any atom is 0.262 e. The van der Waals surface area contributed by atoms with E-state index in [0.717, 1.165) is 41.6 Å². The largest absolute Gasteiger partial charge is 0.348 e. The summed E-state index contributed by atoms with van der Waals surface area (Å²) in [6, 6.07) is 8.26. The van der Waals surface area contributed by atoms with E-state index < -0.39 is 0 Å². The molecule has 1 aliphatic carbocycles. The number of aromatic nitrogens is 2. The molecule has 0 radical (unpaired) electrons. The van der Waals surface area contributed by atoms with Gasteiger partial charge in [-0.15, -0.1) is 11.3 Å². The molecule has 152 valence electrons. The van der Waals surface area contributed by atoms with Crippen molar-refractivity contribution in [2.75, 3.05) is 0 Å². The first-order valence-corrected chi connectivity index (χ1v) is 11.1. The standard InChI is InChI=1S/C23H27N3O2S/c1-14(2)11-16-7-9-17(10-8-16)15(3)25-20(27)12-26-13-24-22-21(23(26)28)18-5-4-6-19(18)29-22/h7-10,13-15H,4-6,11-12H2,1-3H3,(H,25,27). The van der Waals surface area contributed by atoms with Crippen molar-refractivity contribution in [2.24, 2.45) is 5.92 Å². The molecule has 6 heteroatoms. The third-order valence-corrected chi connectivity index (χ3v) is 6.71. The highest BCUT2D eigenvalue weighted by molar-refractivity contribution is 7.18. The summed E-state index contributed by atoms with van der Waals surface area (Å²) in [4.78, 5) is 32.0. The fourth-order valence-corrected chi connectivity index (χ4v) is 5.29. The van der Waals surface area contributed by atoms with Crippen molar-refractivity contribution in [3.8, 4) is 0 Å². The molecule has 0 saturated heterocycles. The second-order valence-corrected chi connectivity index (χ2v) is 9.43. The van der Waals surface area contributed by atoms with Crippen molar-refractivity contribution in [2.45, 2.75) is 59.0 Å². The van der Waals surface area contributed by atoms with Gasteiger partial charge in [-0.2, -0.15) is 0 Å². The number of thiophene rings is 1. The summed E-state index contributed by atoms with van der Waals surface area (Å²) in [7, 11) is 0. The van der Waals surface area contributed by atoms with Crippen LogP contribution in [0.5, 0.6) is 0 Å². The average Bonchev–Trinajstić information content (AvgIpc) is 3.25. The summed E-state index contributed by atoms with van der Waals surface area (Å²) < 4.78 is 1.43. The van der Waals surface area contributed by atoms with Gasteiger partial charge in [0, 0.05) is 4.88 Å². The third kappa shape index (κ3) is 4.13. The molecule has 3 aromatic rings. The van der Waals surface area contributed by atoms with Crippen molar-refractivity contribution in [3.05, 3.63) is 62.5 Å². The van der Waals surface area contributed by atoms with Gasteiger partial charge in [0.2, 0.25) is 5.91 Å². The number of amides is 1. The quantitative estimate of drug-likeness (QED) is 0.669. The second kappa shape index (κ2) is 8.11. The molecule has 1 atom stereocenters. The van der Waals surface area contributed by atoms with Crippen molar-refractivity contribution in [1.29, 1.82) is 0 Å². The maximum atomic E-state index is 12.9. The van der Waals surface area contributed by atoms with Crippen LogP contribution in [0.25, 0.3) is 10.2 Å². The number of nitrogens with zero attached hydrogens (tertiary/aromatic N) is 2. The Bertz CT molecular complexity index is 1100. The second-order valence-electron chi connectivity index (χ2n) is 8.34. The van der Waals surface area contributed by atoms with Gasteiger partial charge < -0.3 is 5.32 Å². The Morgan fingerprint density at radius 1 is 1.21 bits per heavy atom. The molecule has 2 aromatic heterocycles. The van der Waals surface area contributed by atoms with Gasteiger partial charge in [-0.05, 0) is 55.2 Å². The van der Waals surface area contributed by atoms with E-state index >= 15 is 0 Å². The summed E-state index contributed by atoms with van der Waals surface area (Å²) in [6.45, 7) is 6.36. The van der Waals surface area contributed by atoms with Crippen LogP contribution in [-0.2, 0) is 30.6 Å². The lowest BCUT2D eigenvalue weighted by molar-refractivity contribution is -0.122. The van der Waals surface area contributed by atoms with E-state index in [4.69, 9.17) is 0 Å².